The molecule has 7 nitrogen and oxygen atoms in total. The number of carbonyl (C=O) groups is 2. The average molecular weight is 414 g/mol. The van der Waals surface area contributed by atoms with E-state index in [0.717, 1.165) is 17.0 Å². The van der Waals surface area contributed by atoms with E-state index in [4.69, 9.17) is 4.74 Å². The van der Waals surface area contributed by atoms with Crippen LogP contribution in [-0.4, -0.2) is 40.5 Å². The highest BCUT2D eigenvalue weighted by atomic mass is 19.1. The number of aromatic nitrogens is 2. The predicted molar refractivity (Wildman–Crippen MR) is 110 cm³/mol. The Kier molecular flexibility index (Phi) is 6.34. The largest absolute Gasteiger partial charge is 0.485 e. The van der Waals surface area contributed by atoms with Crippen molar-refractivity contribution < 1.29 is 18.7 Å². The predicted octanol–water partition coefficient (Wildman–Crippen LogP) is 2.48. The second-order valence-electron chi connectivity index (χ2n) is 8.00. The van der Waals surface area contributed by atoms with Gasteiger partial charge in [-0.1, -0.05) is 13.8 Å². The van der Waals surface area contributed by atoms with Gasteiger partial charge in [-0.15, -0.1) is 0 Å². The van der Waals surface area contributed by atoms with Crippen LogP contribution in [-0.2, 0) is 16.0 Å². The molecule has 2 atom stereocenters. The van der Waals surface area contributed by atoms with Crippen LogP contribution in [0.4, 0.5) is 4.39 Å². The third kappa shape index (κ3) is 4.75. The SMILES string of the molecule is CC(=O)N[C@@H](C(=O)NC[C@@H]1Cc2cc(-c3nc(C)cnc3C)cc(F)c2O1)C(C)C. The van der Waals surface area contributed by atoms with Gasteiger partial charge in [-0.3, -0.25) is 14.6 Å². The van der Waals surface area contributed by atoms with Crippen LogP contribution >= 0.6 is 0 Å². The number of amides is 2. The maximum atomic E-state index is 14.7. The number of benzene rings is 1. The van der Waals surface area contributed by atoms with E-state index in [9.17, 15) is 14.0 Å². The Morgan fingerprint density at radius 1 is 1.30 bits per heavy atom. The van der Waals surface area contributed by atoms with Crippen molar-refractivity contribution in [1.82, 2.24) is 20.6 Å². The lowest BCUT2D eigenvalue weighted by Crippen LogP contribution is -2.50. The number of fused-ring (bicyclic) bond motifs is 1. The molecule has 0 saturated carbocycles. The molecular weight excluding hydrogens is 387 g/mol. The van der Waals surface area contributed by atoms with Gasteiger partial charge in [0.1, 0.15) is 12.1 Å². The molecule has 0 unspecified atom stereocenters. The number of nitrogens with zero attached hydrogens (tertiary/aromatic N) is 2. The first-order valence-corrected chi connectivity index (χ1v) is 10.00. The lowest BCUT2D eigenvalue weighted by Gasteiger charge is -2.22. The molecule has 0 bridgehead atoms. The molecule has 1 aromatic carbocycles. The molecule has 0 spiro atoms. The number of aryl methyl sites for hydroxylation is 2. The molecule has 160 valence electrons. The van der Waals surface area contributed by atoms with Crippen LogP contribution in [0, 0.1) is 25.6 Å². The van der Waals surface area contributed by atoms with Crippen LogP contribution in [0.2, 0.25) is 0 Å². The summed E-state index contributed by atoms with van der Waals surface area (Å²) in [7, 11) is 0. The van der Waals surface area contributed by atoms with Crippen molar-refractivity contribution in [2.45, 2.75) is 53.2 Å². The fourth-order valence-corrected chi connectivity index (χ4v) is 3.53. The van der Waals surface area contributed by atoms with Crippen molar-refractivity contribution in [2.75, 3.05) is 6.54 Å². The van der Waals surface area contributed by atoms with Crippen molar-refractivity contribution in [3.05, 3.63) is 41.1 Å². The molecule has 1 aliphatic heterocycles. The summed E-state index contributed by atoms with van der Waals surface area (Å²) in [4.78, 5) is 32.6. The van der Waals surface area contributed by atoms with E-state index in [2.05, 4.69) is 20.6 Å². The van der Waals surface area contributed by atoms with Crippen LogP contribution in [0.3, 0.4) is 0 Å². The van der Waals surface area contributed by atoms with E-state index < -0.39 is 11.9 Å². The van der Waals surface area contributed by atoms with Crippen molar-refractivity contribution in [2.24, 2.45) is 5.92 Å². The Labute approximate surface area is 175 Å². The minimum Gasteiger partial charge on any atom is -0.485 e. The van der Waals surface area contributed by atoms with Crippen molar-refractivity contribution in [1.29, 1.82) is 0 Å². The van der Waals surface area contributed by atoms with Crippen molar-refractivity contribution >= 4 is 11.8 Å². The molecule has 0 radical (unpaired) electrons. The number of ether oxygens (including phenoxy) is 1. The van der Waals surface area contributed by atoms with E-state index >= 15 is 0 Å². The van der Waals surface area contributed by atoms with Gasteiger partial charge in [0.25, 0.3) is 0 Å². The first-order chi connectivity index (χ1) is 14.2. The molecule has 8 heteroatoms. The molecule has 2 aromatic rings. The highest BCUT2D eigenvalue weighted by Gasteiger charge is 2.29. The number of rotatable bonds is 6. The van der Waals surface area contributed by atoms with E-state index in [1.807, 2.05) is 33.8 Å². The lowest BCUT2D eigenvalue weighted by atomic mass is 10.0. The molecule has 2 heterocycles. The number of nitrogens with one attached hydrogen (secondary N) is 2. The van der Waals surface area contributed by atoms with Crippen LogP contribution < -0.4 is 15.4 Å². The maximum Gasteiger partial charge on any atom is 0.242 e. The fraction of sp³-hybridized carbons (Fsp3) is 0.455. The van der Waals surface area contributed by atoms with E-state index in [-0.39, 0.29) is 36.1 Å². The summed E-state index contributed by atoms with van der Waals surface area (Å²) >= 11 is 0. The lowest BCUT2D eigenvalue weighted by molar-refractivity contribution is -0.129. The van der Waals surface area contributed by atoms with Crippen molar-refractivity contribution in [3.8, 4) is 17.0 Å². The zero-order chi connectivity index (χ0) is 22.0. The number of hydrogen-bond donors (Lipinski definition) is 2. The second-order valence-corrected chi connectivity index (χ2v) is 8.00. The molecule has 2 amide bonds. The molecule has 2 N–H and O–H groups in total. The zero-order valence-corrected chi connectivity index (χ0v) is 17.9. The molecule has 1 aromatic heterocycles. The topological polar surface area (TPSA) is 93.2 Å². The fourth-order valence-electron chi connectivity index (χ4n) is 3.53. The summed E-state index contributed by atoms with van der Waals surface area (Å²) in [6, 6.07) is 2.64. The number of halogens is 1. The Morgan fingerprint density at radius 2 is 2.03 bits per heavy atom. The van der Waals surface area contributed by atoms with E-state index in [0.29, 0.717) is 17.7 Å². The van der Waals surface area contributed by atoms with Gasteiger partial charge in [-0.25, -0.2) is 9.37 Å². The van der Waals surface area contributed by atoms with E-state index in [1.54, 1.807) is 6.20 Å². The van der Waals surface area contributed by atoms with Gasteiger partial charge in [0.05, 0.1) is 23.6 Å². The Hall–Kier alpha value is -3.03. The maximum absolute atomic E-state index is 14.7. The van der Waals surface area contributed by atoms with Gasteiger partial charge in [-0.05, 0) is 31.9 Å². The minimum atomic E-state index is -0.627. The van der Waals surface area contributed by atoms with Gasteiger partial charge < -0.3 is 15.4 Å². The Balaban J connectivity index is 1.71. The van der Waals surface area contributed by atoms with Gasteiger partial charge in [-0.2, -0.15) is 0 Å². The number of hydrogen-bond acceptors (Lipinski definition) is 5. The van der Waals surface area contributed by atoms with Crippen LogP contribution in [0.25, 0.3) is 11.3 Å². The molecular formula is C22H27FN4O3. The molecule has 30 heavy (non-hydrogen) atoms. The first kappa shape index (κ1) is 21.7. The summed E-state index contributed by atoms with van der Waals surface area (Å²) in [5.41, 5.74) is 3.50. The summed E-state index contributed by atoms with van der Waals surface area (Å²) in [6.07, 6.45) is 1.75. The summed E-state index contributed by atoms with van der Waals surface area (Å²) < 4.78 is 20.5. The van der Waals surface area contributed by atoms with Gasteiger partial charge in [0.15, 0.2) is 11.6 Å². The summed E-state index contributed by atoms with van der Waals surface area (Å²) in [5, 5.41) is 5.46. The normalized spacial score (nSPS) is 16.0. The first-order valence-electron chi connectivity index (χ1n) is 10.00. The number of carbonyl (C=O) groups excluding carboxylic acids is 2. The molecule has 0 aliphatic carbocycles. The highest BCUT2D eigenvalue weighted by molar-refractivity contribution is 5.87. The minimum absolute atomic E-state index is 0.0609. The van der Waals surface area contributed by atoms with Gasteiger partial charge >= 0.3 is 0 Å². The second kappa shape index (κ2) is 8.77. The van der Waals surface area contributed by atoms with Crippen LogP contribution in [0.15, 0.2) is 18.3 Å². The van der Waals surface area contributed by atoms with E-state index in [1.165, 1.54) is 13.0 Å². The summed E-state index contributed by atoms with van der Waals surface area (Å²) in [6.45, 7) is 8.98. The molecule has 1 aliphatic rings. The standard InChI is InChI=1S/C22H27FN4O3/c1-11(2)19(27-14(5)28)22(29)25-10-17-7-16-6-15(8-18(23)21(16)30-17)20-13(4)24-9-12(3)26-20/h6,8-9,11,17,19H,7,10H2,1-5H3,(H,25,29)(H,27,28)/t17-,19+/m0/s1. The quantitative estimate of drug-likeness (QED) is 0.758. The zero-order valence-electron chi connectivity index (χ0n) is 17.9. The Morgan fingerprint density at radius 3 is 2.70 bits per heavy atom. The molecule has 0 fully saturated rings. The third-order valence-electron chi connectivity index (χ3n) is 5.01. The van der Waals surface area contributed by atoms with Crippen molar-refractivity contribution in [3.63, 3.8) is 0 Å². The van der Waals surface area contributed by atoms with Gasteiger partial charge in [0, 0.05) is 30.7 Å². The van der Waals surface area contributed by atoms with Crippen LogP contribution in [0.5, 0.6) is 5.75 Å². The van der Waals surface area contributed by atoms with Crippen LogP contribution in [0.1, 0.15) is 37.7 Å². The molecule has 0 saturated heterocycles. The third-order valence-corrected chi connectivity index (χ3v) is 5.01. The molecule has 3 rings (SSSR count). The van der Waals surface area contributed by atoms with Gasteiger partial charge in [0.2, 0.25) is 11.8 Å². The smallest absolute Gasteiger partial charge is 0.242 e. The average Bonchev–Trinajstić information content (AvgIpc) is 3.09. The Bertz CT molecular complexity index is 977. The highest BCUT2D eigenvalue weighted by Crippen LogP contribution is 2.35. The summed E-state index contributed by atoms with van der Waals surface area (Å²) in [5.74, 6) is -0.866. The monoisotopic (exact) mass is 414 g/mol.